The molecule has 0 aliphatic rings. The molecule has 0 aliphatic carbocycles. The van der Waals surface area contributed by atoms with E-state index in [-0.39, 0.29) is 17.4 Å². The lowest BCUT2D eigenvalue weighted by Crippen LogP contribution is -2.54. The van der Waals surface area contributed by atoms with Crippen LogP contribution < -0.4 is 25.6 Å². The zero-order valence-electron chi connectivity index (χ0n) is 17.8. The standard InChI is InChI=1S/C22H26BrN3O5/c1-5-31-17-11-8-15(12-18(17)30-4)21(28)25-26-22(29)19(13(2)3)24-20(27)14-6-9-16(23)10-7-14/h6-13,19H,5H2,1-4H3,(H,24,27)(H,25,28)(H,26,29). The molecule has 3 N–H and O–H groups in total. The van der Waals surface area contributed by atoms with Gasteiger partial charge in [-0.1, -0.05) is 29.8 Å². The van der Waals surface area contributed by atoms with Gasteiger partial charge in [0.15, 0.2) is 11.5 Å². The number of carbonyl (C=O) groups is 3. The van der Waals surface area contributed by atoms with Gasteiger partial charge in [-0.05, 0) is 55.3 Å². The first kappa shape index (κ1) is 24.2. The van der Waals surface area contributed by atoms with Crippen LogP contribution in [0.25, 0.3) is 0 Å². The molecule has 0 saturated heterocycles. The van der Waals surface area contributed by atoms with Gasteiger partial charge in [-0.2, -0.15) is 0 Å². The Morgan fingerprint density at radius 2 is 1.58 bits per heavy atom. The van der Waals surface area contributed by atoms with Gasteiger partial charge < -0.3 is 14.8 Å². The van der Waals surface area contributed by atoms with Crippen LogP contribution >= 0.6 is 15.9 Å². The fraction of sp³-hybridized carbons (Fsp3) is 0.318. The smallest absolute Gasteiger partial charge is 0.269 e. The number of hydrazine groups is 1. The van der Waals surface area contributed by atoms with Crippen LogP contribution in [0.5, 0.6) is 11.5 Å². The lowest BCUT2D eigenvalue weighted by Gasteiger charge is -2.22. The number of carbonyl (C=O) groups excluding carboxylic acids is 3. The van der Waals surface area contributed by atoms with Gasteiger partial charge in [-0.3, -0.25) is 25.2 Å². The van der Waals surface area contributed by atoms with Gasteiger partial charge in [0.05, 0.1) is 13.7 Å². The summed E-state index contributed by atoms with van der Waals surface area (Å²) in [6.45, 7) is 5.90. The van der Waals surface area contributed by atoms with Crippen molar-refractivity contribution in [3.8, 4) is 11.5 Å². The van der Waals surface area contributed by atoms with E-state index in [1.807, 2.05) is 6.92 Å². The Morgan fingerprint density at radius 1 is 0.935 bits per heavy atom. The molecule has 31 heavy (non-hydrogen) atoms. The number of benzene rings is 2. The number of amides is 3. The Labute approximate surface area is 189 Å². The van der Waals surface area contributed by atoms with Crippen LogP contribution in [0.1, 0.15) is 41.5 Å². The SMILES string of the molecule is CCOc1ccc(C(=O)NNC(=O)C(NC(=O)c2ccc(Br)cc2)C(C)C)cc1OC. The summed E-state index contributed by atoms with van der Waals surface area (Å²) in [5.74, 6) is -0.738. The Hall–Kier alpha value is -3.07. The summed E-state index contributed by atoms with van der Waals surface area (Å²) in [5.41, 5.74) is 5.44. The Balaban J connectivity index is 2.02. The number of methoxy groups -OCH3 is 1. The molecule has 0 aromatic heterocycles. The van der Waals surface area contributed by atoms with Crippen molar-refractivity contribution < 1.29 is 23.9 Å². The molecule has 2 rings (SSSR count). The Morgan fingerprint density at radius 3 is 2.16 bits per heavy atom. The van der Waals surface area contributed by atoms with E-state index in [0.717, 1.165) is 4.47 Å². The molecule has 3 amide bonds. The van der Waals surface area contributed by atoms with Gasteiger partial charge in [0, 0.05) is 15.6 Å². The average molecular weight is 492 g/mol. The minimum atomic E-state index is -0.841. The summed E-state index contributed by atoms with van der Waals surface area (Å²) >= 11 is 3.31. The average Bonchev–Trinajstić information content (AvgIpc) is 2.76. The molecule has 2 aromatic rings. The molecule has 9 heteroatoms. The number of nitrogens with one attached hydrogen (secondary N) is 3. The number of ether oxygens (including phenoxy) is 2. The molecule has 0 fully saturated rings. The summed E-state index contributed by atoms with van der Waals surface area (Å²) in [6.07, 6.45) is 0. The first-order valence-electron chi connectivity index (χ1n) is 9.74. The molecule has 0 aliphatic heterocycles. The molecule has 0 radical (unpaired) electrons. The molecule has 166 valence electrons. The predicted octanol–water partition coefficient (Wildman–Crippen LogP) is 3.07. The maximum Gasteiger partial charge on any atom is 0.269 e. The number of halogens is 1. The number of rotatable bonds is 8. The lowest BCUT2D eigenvalue weighted by atomic mass is 10.0. The van der Waals surface area contributed by atoms with E-state index in [0.29, 0.717) is 23.7 Å². The van der Waals surface area contributed by atoms with Crippen LogP contribution in [0.15, 0.2) is 46.9 Å². The van der Waals surface area contributed by atoms with Crippen molar-refractivity contribution in [1.29, 1.82) is 0 Å². The molecule has 1 unspecified atom stereocenters. The molecular weight excluding hydrogens is 466 g/mol. The highest BCUT2D eigenvalue weighted by Crippen LogP contribution is 2.27. The van der Waals surface area contributed by atoms with Crippen LogP contribution in [-0.2, 0) is 4.79 Å². The summed E-state index contributed by atoms with van der Waals surface area (Å²) in [6, 6.07) is 10.6. The topological polar surface area (TPSA) is 106 Å². The van der Waals surface area contributed by atoms with Crippen LogP contribution in [0.3, 0.4) is 0 Å². The third kappa shape index (κ3) is 6.71. The summed E-state index contributed by atoms with van der Waals surface area (Å²) in [4.78, 5) is 37.5. The molecule has 1 atom stereocenters. The van der Waals surface area contributed by atoms with Gasteiger partial charge in [0.2, 0.25) is 0 Å². The highest BCUT2D eigenvalue weighted by atomic mass is 79.9. The largest absolute Gasteiger partial charge is 0.493 e. The van der Waals surface area contributed by atoms with Crippen molar-refractivity contribution >= 4 is 33.7 Å². The maximum absolute atomic E-state index is 12.6. The van der Waals surface area contributed by atoms with Crippen molar-refractivity contribution in [1.82, 2.24) is 16.2 Å². The normalized spacial score (nSPS) is 11.4. The zero-order valence-corrected chi connectivity index (χ0v) is 19.4. The van der Waals surface area contributed by atoms with Crippen LogP contribution in [0, 0.1) is 5.92 Å². The summed E-state index contributed by atoms with van der Waals surface area (Å²) in [7, 11) is 1.47. The second kappa shape index (κ2) is 11.4. The predicted molar refractivity (Wildman–Crippen MR) is 120 cm³/mol. The van der Waals surface area contributed by atoms with Crippen LogP contribution in [0.4, 0.5) is 0 Å². The van der Waals surface area contributed by atoms with Crippen molar-refractivity contribution in [2.45, 2.75) is 26.8 Å². The fourth-order valence-electron chi connectivity index (χ4n) is 2.71. The molecule has 2 aromatic carbocycles. The van der Waals surface area contributed by atoms with Gasteiger partial charge >= 0.3 is 0 Å². The molecule has 0 bridgehead atoms. The first-order chi connectivity index (χ1) is 14.8. The van der Waals surface area contributed by atoms with E-state index < -0.39 is 17.9 Å². The quantitative estimate of drug-likeness (QED) is 0.492. The second-order valence-corrected chi connectivity index (χ2v) is 7.86. The lowest BCUT2D eigenvalue weighted by molar-refractivity contribution is -0.124. The third-order valence-corrected chi connectivity index (χ3v) is 4.90. The van der Waals surface area contributed by atoms with Crippen molar-refractivity contribution in [3.05, 3.63) is 58.1 Å². The monoisotopic (exact) mass is 491 g/mol. The molecule has 0 saturated carbocycles. The van der Waals surface area contributed by atoms with E-state index in [4.69, 9.17) is 9.47 Å². The summed E-state index contributed by atoms with van der Waals surface area (Å²) < 4.78 is 11.5. The first-order valence-corrected chi connectivity index (χ1v) is 10.5. The van der Waals surface area contributed by atoms with Crippen molar-refractivity contribution in [3.63, 3.8) is 0 Å². The maximum atomic E-state index is 12.6. The Bertz CT molecular complexity index is 931. The van der Waals surface area contributed by atoms with Crippen molar-refractivity contribution in [2.24, 2.45) is 5.92 Å². The van der Waals surface area contributed by atoms with E-state index in [2.05, 4.69) is 32.1 Å². The van der Waals surface area contributed by atoms with Gasteiger partial charge in [0.1, 0.15) is 6.04 Å². The molecule has 8 nitrogen and oxygen atoms in total. The minimum absolute atomic E-state index is 0.207. The summed E-state index contributed by atoms with van der Waals surface area (Å²) in [5, 5.41) is 2.70. The fourth-order valence-corrected chi connectivity index (χ4v) is 2.98. The second-order valence-electron chi connectivity index (χ2n) is 6.94. The van der Waals surface area contributed by atoms with Crippen LogP contribution in [0.2, 0.25) is 0 Å². The van der Waals surface area contributed by atoms with Gasteiger partial charge in [-0.25, -0.2) is 0 Å². The third-order valence-electron chi connectivity index (χ3n) is 4.37. The number of hydrogen-bond donors (Lipinski definition) is 3. The number of hydrogen-bond acceptors (Lipinski definition) is 5. The van der Waals surface area contributed by atoms with Crippen LogP contribution in [-0.4, -0.2) is 37.5 Å². The molecular formula is C22H26BrN3O5. The molecule has 0 heterocycles. The van der Waals surface area contributed by atoms with E-state index in [1.54, 1.807) is 50.2 Å². The molecule has 0 spiro atoms. The highest BCUT2D eigenvalue weighted by molar-refractivity contribution is 9.10. The van der Waals surface area contributed by atoms with E-state index in [9.17, 15) is 14.4 Å². The zero-order chi connectivity index (χ0) is 23.0. The van der Waals surface area contributed by atoms with E-state index >= 15 is 0 Å². The van der Waals surface area contributed by atoms with Crippen molar-refractivity contribution in [2.75, 3.05) is 13.7 Å². The highest BCUT2D eigenvalue weighted by Gasteiger charge is 2.25. The van der Waals surface area contributed by atoms with E-state index in [1.165, 1.54) is 13.2 Å². The minimum Gasteiger partial charge on any atom is -0.493 e. The Kier molecular flexibility index (Phi) is 8.87. The van der Waals surface area contributed by atoms with Gasteiger partial charge in [0.25, 0.3) is 17.7 Å². The van der Waals surface area contributed by atoms with Gasteiger partial charge in [-0.15, -0.1) is 0 Å².